The van der Waals surface area contributed by atoms with Crippen LogP contribution in [0, 0.1) is 0 Å². The van der Waals surface area contributed by atoms with Crippen molar-refractivity contribution in [3.05, 3.63) is 17.8 Å². The van der Waals surface area contributed by atoms with Crippen LogP contribution >= 0.6 is 0 Å². The second kappa shape index (κ2) is 5.14. The van der Waals surface area contributed by atoms with Crippen LogP contribution in [0.5, 0.6) is 5.75 Å². The van der Waals surface area contributed by atoms with Crippen molar-refractivity contribution in [3.63, 3.8) is 0 Å². The number of aromatic nitrogens is 1. The van der Waals surface area contributed by atoms with E-state index in [0.717, 1.165) is 5.82 Å². The number of pyridine rings is 1. The van der Waals surface area contributed by atoms with Crippen LogP contribution in [0.25, 0.3) is 0 Å². The molecular weight excluding hydrogens is 228 g/mol. The Morgan fingerprint density at radius 1 is 1.28 bits per heavy atom. The van der Waals surface area contributed by atoms with Crippen LogP contribution in [0.1, 0.15) is 47.1 Å². The van der Waals surface area contributed by atoms with E-state index in [4.69, 9.17) is 4.74 Å². The summed E-state index contributed by atoms with van der Waals surface area (Å²) in [5.74, 6) is 1.42. The summed E-state index contributed by atoms with van der Waals surface area (Å²) in [6, 6.07) is 1.84. The molecule has 2 N–H and O–H groups in total. The van der Waals surface area contributed by atoms with Gasteiger partial charge in [-0.05, 0) is 41.5 Å². The van der Waals surface area contributed by atoms with Crippen molar-refractivity contribution in [2.75, 3.05) is 11.9 Å². The number of ether oxygens (including phenoxy) is 1. The first-order chi connectivity index (χ1) is 8.13. The fraction of sp³-hybridized carbons (Fsp3) is 0.643. The molecule has 0 bridgehead atoms. The molecule has 0 fully saturated rings. The van der Waals surface area contributed by atoms with Gasteiger partial charge in [-0.1, -0.05) is 0 Å². The monoisotopic (exact) mass is 252 g/mol. The molecule has 4 nitrogen and oxygen atoms in total. The van der Waals surface area contributed by atoms with Gasteiger partial charge in [0.2, 0.25) is 0 Å². The van der Waals surface area contributed by atoms with E-state index in [-0.39, 0.29) is 5.54 Å². The lowest BCUT2D eigenvalue weighted by atomic mass is 9.99. The van der Waals surface area contributed by atoms with Crippen molar-refractivity contribution in [1.29, 1.82) is 0 Å². The molecule has 0 saturated carbocycles. The highest BCUT2D eigenvalue weighted by Gasteiger charge is 2.22. The summed E-state index contributed by atoms with van der Waals surface area (Å²) >= 11 is 0. The van der Waals surface area contributed by atoms with E-state index in [9.17, 15) is 5.11 Å². The highest BCUT2D eigenvalue weighted by molar-refractivity contribution is 5.48. The highest BCUT2D eigenvalue weighted by atomic mass is 16.5. The topological polar surface area (TPSA) is 54.4 Å². The fourth-order valence-electron chi connectivity index (χ4n) is 1.62. The smallest absolute Gasteiger partial charge is 0.130 e. The van der Waals surface area contributed by atoms with Crippen molar-refractivity contribution >= 4 is 5.82 Å². The summed E-state index contributed by atoms with van der Waals surface area (Å²) in [6.45, 7) is 12.1. The molecular formula is C14H24N2O2. The maximum absolute atomic E-state index is 10.1. The van der Waals surface area contributed by atoms with Crippen LogP contribution in [0.2, 0.25) is 0 Å². The van der Waals surface area contributed by atoms with Crippen LogP contribution in [-0.2, 0) is 5.60 Å². The van der Waals surface area contributed by atoms with Crippen LogP contribution < -0.4 is 10.1 Å². The Balaban J connectivity index is 3.11. The second-order valence-electron chi connectivity index (χ2n) is 5.93. The van der Waals surface area contributed by atoms with E-state index in [2.05, 4.69) is 31.1 Å². The van der Waals surface area contributed by atoms with Gasteiger partial charge in [0.05, 0.1) is 12.2 Å². The SMILES string of the molecule is CCOc1cc(NC(C)(C)C)ncc1C(C)(C)O. The molecule has 18 heavy (non-hydrogen) atoms. The molecule has 0 aliphatic rings. The lowest BCUT2D eigenvalue weighted by molar-refractivity contribution is 0.0746. The number of aliphatic hydroxyl groups is 1. The molecule has 0 radical (unpaired) electrons. The quantitative estimate of drug-likeness (QED) is 0.865. The molecule has 0 aromatic carbocycles. The van der Waals surface area contributed by atoms with Crippen molar-refractivity contribution in [2.24, 2.45) is 0 Å². The molecule has 1 heterocycles. The van der Waals surface area contributed by atoms with E-state index in [1.807, 2.05) is 13.0 Å². The molecule has 0 spiro atoms. The summed E-state index contributed by atoms with van der Waals surface area (Å²) in [6.07, 6.45) is 1.67. The van der Waals surface area contributed by atoms with Crippen molar-refractivity contribution in [2.45, 2.75) is 52.7 Å². The number of nitrogens with zero attached hydrogens (tertiary/aromatic N) is 1. The molecule has 0 unspecified atom stereocenters. The molecule has 1 aromatic heterocycles. The zero-order chi connectivity index (χ0) is 14.0. The Morgan fingerprint density at radius 3 is 2.33 bits per heavy atom. The minimum atomic E-state index is -0.961. The van der Waals surface area contributed by atoms with Crippen LogP contribution in [0.15, 0.2) is 12.3 Å². The maximum Gasteiger partial charge on any atom is 0.130 e. The minimum absolute atomic E-state index is 0.0628. The van der Waals surface area contributed by atoms with Gasteiger partial charge >= 0.3 is 0 Å². The third-order valence-electron chi connectivity index (χ3n) is 2.33. The van der Waals surface area contributed by atoms with Crippen molar-refractivity contribution in [1.82, 2.24) is 4.98 Å². The van der Waals surface area contributed by atoms with Gasteiger partial charge in [-0.2, -0.15) is 0 Å². The van der Waals surface area contributed by atoms with Gasteiger partial charge in [0.15, 0.2) is 0 Å². The minimum Gasteiger partial charge on any atom is -0.493 e. The molecule has 4 heteroatoms. The van der Waals surface area contributed by atoms with Crippen molar-refractivity contribution < 1.29 is 9.84 Å². The zero-order valence-electron chi connectivity index (χ0n) is 12.2. The van der Waals surface area contributed by atoms with Crippen LogP contribution in [0.4, 0.5) is 5.82 Å². The summed E-state index contributed by atoms with van der Waals surface area (Å²) in [5.41, 5.74) is -0.325. The fourth-order valence-corrected chi connectivity index (χ4v) is 1.62. The zero-order valence-corrected chi connectivity index (χ0v) is 12.2. The normalized spacial score (nSPS) is 12.4. The van der Waals surface area contributed by atoms with Gasteiger partial charge in [0.25, 0.3) is 0 Å². The van der Waals surface area contributed by atoms with Crippen molar-refractivity contribution in [3.8, 4) is 5.75 Å². The van der Waals surface area contributed by atoms with Gasteiger partial charge in [0.1, 0.15) is 11.6 Å². The molecule has 0 aliphatic heterocycles. The van der Waals surface area contributed by atoms with Gasteiger partial charge in [0, 0.05) is 23.4 Å². The molecule has 102 valence electrons. The lowest BCUT2D eigenvalue weighted by Crippen LogP contribution is -2.27. The van der Waals surface area contributed by atoms with E-state index >= 15 is 0 Å². The third kappa shape index (κ3) is 4.18. The third-order valence-corrected chi connectivity index (χ3v) is 2.33. The van der Waals surface area contributed by atoms with E-state index in [1.54, 1.807) is 20.0 Å². The largest absolute Gasteiger partial charge is 0.493 e. The summed E-state index contributed by atoms with van der Waals surface area (Å²) in [5, 5.41) is 13.4. The number of hydrogen-bond acceptors (Lipinski definition) is 4. The van der Waals surface area contributed by atoms with E-state index in [0.29, 0.717) is 17.9 Å². The van der Waals surface area contributed by atoms with Gasteiger partial charge in [-0.25, -0.2) is 4.98 Å². The second-order valence-corrected chi connectivity index (χ2v) is 5.93. The van der Waals surface area contributed by atoms with Gasteiger partial charge in [-0.15, -0.1) is 0 Å². The van der Waals surface area contributed by atoms with Crippen LogP contribution in [-0.4, -0.2) is 22.2 Å². The molecule has 0 aliphatic carbocycles. The predicted octanol–water partition coefficient (Wildman–Crippen LogP) is 2.92. The lowest BCUT2D eigenvalue weighted by Gasteiger charge is -2.24. The molecule has 1 rings (SSSR count). The Labute approximate surface area is 109 Å². The maximum atomic E-state index is 10.1. The van der Waals surface area contributed by atoms with Gasteiger partial charge in [-0.3, -0.25) is 0 Å². The number of nitrogens with one attached hydrogen (secondary N) is 1. The Morgan fingerprint density at radius 2 is 1.89 bits per heavy atom. The molecule has 0 saturated heterocycles. The first kappa shape index (κ1) is 14.8. The summed E-state index contributed by atoms with van der Waals surface area (Å²) in [7, 11) is 0. The van der Waals surface area contributed by atoms with E-state index < -0.39 is 5.60 Å². The standard InChI is InChI=1S/C14H24N2O2/c1-7-18-11-8-12(16-13(2,3)4)15-9-10(11)14(5,6)17/h8-9,17H,7H2,1-6H3,(H,15,16). The first-order valence-corrected chi connectivity index (χ1v) is 6.27. The molecule has 0 amide bonds. The summed E-state index contributed by atoms with van der Waals surface area (Å²) < 4.78 is 5.58. The average molecular weight is 252 g/mol. The Hall–Kier alpha value is -1.29. The van der Waals surface area contributed by atoms with Gasteiger partial charge < -0.3 is 15.2 Å². The first-order valence-electron chi connectivity index (χ1n) is 6.27. The Bertz CT molecular complexity index is 403. The number of anilines is 1. The number of hydrogen-bond donors (Lipinski definition) is 2. The molecule has 1 aromatic rings. The van der Waals surface area contributed by atoms with Crippen LogP contribution in [0.3, 0.4) is 0 Å². The molecule has 0 atom stereocenters. The predicted molar refractivity (Wildman–Crippen MR) is 74.0 cm³/mol. The Kier molecular flexibility index (Phi) is 4.22. The summed E-state index contributed by atoms with van der Waals surface area (Å²) in [4.78, 5) is 4.32. The van der Waals surface area contributed by atoms with E-state index in [1.165, 1.54) is 0 Å². The highest BCUT2D eigenvalue weighted by Crippen LogP contribution is 2.31. The number of rotatable bonds is 4. The average Bonchev–Trinajstić information content (AvgIpc) is 2.13.